The van der Waals surface area contributed by atoms with Gasteiger partial charge in [-0.05, 0) is 67.1 Å². The van der Waals surface area contributed by atoms with Crippen molar-refractivity contribution in [1.82, 2.24) is 10.3 Å². The fourth-order valence-electron chi connectivity index (χ4n) is 2.80. The summed E-state index contributed by atoms with van der Waals surface area (Å²) in [7, 11) is 0. The van der Waals surface area contributed by atoms with E-state index in [-0.39, 0.29) is 0 Å². The molecule has 3 rings (SSSR count). The third kappa shape index (κ3) is 3.29. The summed E-state index contributed by atoms with van der Waals surface area (Å²) in [6.07, 6.45) is 6.65. The van der Waals surface area contributed by atoms with Gasteiger partial charge < -0.3 is 10.2 Å². The maximum Gasteiger partial charge on any atom is 0.129 e. The Balaban J connectivity index is 1.72. The van der Waals surface area contributed by atoms with Crippen LogP contribution in [0.15, 0.2) is 16.6 Å². The number of halogens is 1. The predicted octanol–water partition coefficient (Wildman–Crippen LogP) is 3.26. The second kappa shape index (κ2) is 5.80. The van der Waals surface area contributed by atoms with E-state index in [0.717, 1.165) is 35.1 Å². The van der Waals surface area contributed by atoms with Crippen LogP contribution in [0.4, 0.5) is 5.82 Å². The van der Waals surface area contributed by atoms with Gasteiger partial charge in [0.15, 0.2) is 0 Å². The van der Waals surface area contributed by atoms with Crippen LogP contribution >= 0.6 is 15.9 Å². The van der Waals surface area contributed by atoms with Gasteiger partial charge in [0.2, 0.25) is 0 Å². The standard InChI is InChI=1S/C15H22BrN3/c1-11-14(16)7-8-15(18-11)19-9-3-2-4-13(19)10-17-12-5-6-12/h7-8,12-13,17H,2-6,9-10H2,1H3. The molecule has 1 unspecified atom stereocenters. The molecule has 1 saturated carbocycles. The first kappa shape index (κ1) is 13.4. The Labute approximate surface area is 123 Å². The molecule has 0 radical (unpaired) electrons. The molecule has 4 heteroatoms. The van der Waals surface area contributed by atoms with E-state index in [1.165, 1.54) is 32.1 Å². The second-order valence-electron chi connectivity index (χ2n) is 5.76. The summed E-state index contributed by atoms with van der Waals surface area (Å²) in [5.74, 6) is 1.14. The summed E-state index contributed by atoms with van der Waals surface area (Å²) in [5, 5.41) is 3.67. The number of hydrogen-bond donors (Lipinski definition) is 1. The van der Waals surface area contributed by atoms with Gasteiger partial charge in [0, 0.05) is 29.6 Å². The van der Waals surface area contributed by atoms with Gasteiger partial charge in [-0.15, -0.1) is 0 Å². The third-order valence-electron chi connectivity index (χ3n) is 4.15. The summed E-state index contributed by atoms with van der Waals surface area (Å²) in [6, 6.07) is 5.68. The molecule has 1 aromatic rings. The molecule has 1 saturated heterocycles. The van der Waals surface area contributed by atoms with Gasteiger partial charge in [0.05, 0.1) is 5.69 Å². The predicted molar refractivity (Wildman–Crippen MR) is 82.7 cm³/mol. The molecule has 0 amide bonds. The van der Waals surface area contributed by atoms with Gasteiger partial charge in [-0.25, -0.2) is 4.98 Å². The van der Waals surface area contributed by atoms with Crippen LogP contribution in [0.2, 0.25) is 0 Å². The molecule has 1 aliphatic heterocycles. The smallest absolute Gasteiger partial charge is 0.129 e. The molecule has 0 bridgehead atoms. The van der Waals surface area contributed by atoms with Crippen LogP contribution in [-0.2, 0) is 0 Å². The Hall–Kier alpha value is -0.610. The molecule has 0 spiro atoms. The minimum atomic E-state index is 0.613. The monoisotopic (exact) mass is 323 g/mol. The molecular weight excluding hydrogens is 302 g/mol. The highest BCUT2D eigenvalue weighted by Gasteiger charge is 2.27. The van der Waals surface area contributed by atoms with E-state index in [0.29, 0.717) is 6.04 Å². The quantitative estimate of drug-likeness (QED) is 0.921. The minimum absolute atomic E-state index is 0.613. The average Bonchev–Trinajstić information content (AvgIpc) is 3.24. The maximum atomic E-state index is 4.74. The topological polar surface area (TPSA) is 28.2 Å². The van der Waals surface area contributed by atoms with E-state index in [4.69, 9.17) is 4.98 Å². The largest absolute Gasteiger partial charge is 0.352 e. The minimum Gasteiger partial charge on any atom is -0.352 e. The van der Waals surface area contributed by atoms with Crippen LogP contribution in [0.25, 0.3) is 0 Å². The van der Waals surface area contributed by atoms with Gasteiger partial charge in [0.25, 0.3) is 0 Å². The van der Waals surface area contributed by atoms with Gasteiger partial charge >= 0.3 is 0 Å². The SMILES string of the molecule is Cc1nc(N2CCCCC2CNC2CC2)ccc1Br. The molecular formula is C15H22BrN3. The summed E-state index contributed by atoms with van der Waals surface area (Å²) in [4.78, 5) is 7.24. The summed E-state index contributed by atoms with van der Waals surface area (Å²) >= 11 is 3.53. The Kier molecular flexibility index (Phi) is 4.08. The first-order valence-electron chi connectivity index (χ1n) is 7.37. The Morgan fingerprint density at radius 1 is 1.32 bits per heavy atom. The zero-order valence-corrected chi connectivity index (χ0v) is 13.1. The molecule has 1 aliphatic carbocycles. The van der Waals surface area contributed by atoms with E-state index in [1.807, 2.05) is 0 Å². The normalized spacial score (nSPS) is 23.7. The van der Waals surface area contributed by atoms with Crippen molar-refractivity contribution >= 4 is 21.7 Å². The highest BCUT2D eigenvalue weighted by atomic mass is 79.9. The molecule has 2 aliphatic rings. The van der Waals surface area contributed by atoms with Gasteiger partial charge in [-0.2, -0.15) is 0 Å². The van der Waals surface area contributed by atoms with Crippen LogP contribution in [0.3, 0.4) is 0 Å². The lowest BCUT2D eigenvalue weighted by atomic mass is 10.0. The number of aromatic nitrogens is 1. The van der Waals surface area contributed by atoms with E-state index in [2.05, 4.69) is 45.2 Å². The number of piperidine rings is 1. The second-order valence-corrected chi connectivity index (χ2v) is 6.62. The number of anilines is 1. The average molecular weight is 324 g/mol. The van der Waals surface area contributed by atoms with E-state index >= 15 is 0 Å². The number of rotatable bonds is 4. The van der Waals surface area contributed by atoms with Crippen LogP contribution in [-0.4, -0.2) is 30.2 Å². The number of nitrogens with zero attached hydrogens (tertiary/aromatic N) is 2. The summed E-state index contributed by atoms with van der Waals surface area (Å²) in [5.41, 5.74) is 1.08. The number of nitrogens with one attached hydrogen (secondary N) is 1. The fraction of sp³-hybridized carbons (Fsp3) is 0.667. The highest BCUT2D eigenvalue weighted by Crippen LogP contribution is 2.26. The molecule has 1 aromatic heterocycles. The van der Waals surface area contributed by atoms with Crippen LogP contribution < -0.4 is 10.2 Å². The number of pyridine rings is 1. The maximum absolute atomic E-state index is 4.74. The fourth-order valence-corrected chi connectivity index (χ4v) is 3.02. The summed E-state index contributed by atoms with van der Waals surface area (Å²) < 4.78 is 1.10. The molecule has 1 N–H and O–H groups in total. The Bertz CT molecular complexity index is 445. The van der Waals surface area contributed by atoms with Crippen molar-refractivity contribution in [2.45, 2.75) is 51.1 Å². The van der Waals surface area contributed by atoms with Gasteiger partial charge in [-0.1, -0.05) is 0 Å². The van der Waals surface area contributed by atoms with E-state index in [1.54, 1.807) is 0 Å². The molecule has 0 aromatic carbocycles. The van der Waals surface area contributed by atoms with Crippen molar-refractivity contribution in [3.8, 4) is 0 Å². The Morgan fingerprint density at radius 2 is 2.16 bits per heavy atom. The third-order valence-corrected chi connectivity index (χ3v) is 4.99. The molecule has 2 fully saturated rings. The van der Waals surface area contributed by atoms with E-state index in [9.17, 15) is 0 Å². The molecule has 3 nitrogen and oxygen atoms in total. The number of aryl methyl sites for hydroxylation is 1. The van der Waals surface area contributed by atoms with Crippen molar-refractivity contribution in [3.63, 3.8) is 0 Å². The number of hydrogen-bond acceptors (Lipinski definition) is 3. The van der Waals surface area contributed by atoms with Gasteiger partial charge in [0.1, 0.15) is 5.82 Å². The van der Waals surface area contributed by atoms with Crippen molar-refractivity contribution in [3.05, 3.63) is 22.3 Å². The zero-order chi connectivity index (χ0) is 13.2. The van der Waals surface area contributed by atoms with Gasteiger partial charge in [-0.3, -0.25) is 0 Å². The lowest BCUT2D eigenvalue weighted by molar-refractivity contribution is 0.431. The highest BCUT2D eigenvalue weighted by molar-refractivity contribution is 9.10. The first-order valence-corrected chi connectivity index (χ1v) is 8.16. The summed E-state index contributed by atoms with van der Waals surface area (Å²) in [6.45, 7) is 4.32. The zero-order valence-electron chi connectivity index (χ0n) is 11.5. The lowest BCUT2D eigenvalue weighted by Gasteiger charge is -2.37. The van der Waals surface area contributed by atoms with Crippen molar-refractivity contribution in [2.75, 3.05) is 18.0 Å². The lowest BCUT2D eigenvalue weighted by Crippen LogP contribution is -2.46. The molecule has 104 valence electrons. The Morgan fingerprint density at radius 3 is 2.89 bits per heavy atom. The molecule has 2 heterocycles. The van der Waals surface area contributed by atoms with Crippen LogP contribution in [0, 0.1) is 6.92 Å². The van der Waals surface area contributed by atoms with Crippen molar-refractivity contribution < 1.29 is 0 Å². The van der Waals surface area contributed by atoms with Crippen LogP contribution in [0.1, 0.15) is 37.8 Å². The first-order chi connectivity index (χ1) is 9.24. The van der Waals surface area contributed by atoms with Crippen LogP contribution in [0.5, 0.6) is 0 Å². The van der Waals surface area contributed by atoms with Crippen molar-refractivity contribution in [1.29, 1.82) is 0 Å². The molecule has 19 heavy (non-hydrogen) atoms. The molecule has 1 atom stereocenters. The van der Waals surface area contributed by atoms with E-state index < -0.39 is 0 Å². The van der Waals surface area contributed by atoms with Crippen molar-refractivity contribution in [2.24, 2.45) is 0 Å².